The lowest BCUT2D eigenvalue weighted by atomic mass is 10.2. The van der Waals surface area contributed by atoms with Crippen molar-refractivity contribution in [1.82, 2.24) is 10.3 Å². The van der Waals surface area contributed by atoms with Crippen molar-refractivity contribution in [2.75, 3.05) is 7.11 Å². The molecule has 0 saturated carbocycles. The number of hydrogen-bond acceptors (Lipinski definition) is 5. The van der Waals surface area contributed by atoms with Crippen LogP contribution in [0.15, 0.2) is 29.1 Å². The number of phenolic OH excluding ortho intramolecular Hbond substituents is 1. The molecule has 0 aliphatic carbocycles. The molecule has 2 rings (SSSR count). The molecule has 0 aliphatic heterocycles. The number of ether oxygens (including phenoxy) is 1. The molecule has 0 radical (unpaired) electrons. The van der Waals surface area contributed by atoms with Crippen LogP contribution in [-0.2, 0) is 13.1 Å². The summed E-state index contributed by atoms with van der Waals surface area (Å²) in [5, 5.41) is 15.0. The van der Waals surface area contributed by atoms with Gasteiger partial charge in [-0.25, -0.2) is 4.98 Å². The van der Waals surface area contributed by atoms with Crippen LogP contribution in [0.2, 0.25) is 0 Å². The van der Waals surface area contributed by atoms with E-state index < -0.39 is 0 Å². The molecule has 2 N–H and O–H groups in total. The lowest BCUT2D eigenvalue weighted by molar-refractivity contribution is 0.406. The Kier molecular flexibility index (Phi) is 3.95. The number of phenols is 1. The number of thiazole rings is 1. The maximum Gasteiger partial charge on any atom is 0.123 e. The Morgan fingerprint density at radius 2 is 2.29 bits per heavy atom. The van der Waals surface area contributed by atoms with Gasteiger partial charge < -0.3 is 15.2 Å². The topological polar surface area (TPSA) is 54.4 Å². The van der Waals surface area contributed by atoms with Crippen molar-refractivity contribution >= 4 is 11.3 Å². The molecule has 1 aromatic heterocycles. The van der Waals surface area contributed by atoms with Gasteiger partial charge in [0, 0.05) is 30.1 Å². The first-order chi connectivity index (χ1) is 8.29. The molecule has 2 aromatic rings. The van der Waals surface area contributed by atoms with Gasteiger partial charge in [0.1, 0.15) is 11.5 Å². The Labute approximate surface area is 104 Å². The van der Waals surface area contributed by atoms with Crippen molar-refractivity contribution in [3.8, 4) is 11.5 Å². The van der Waals surface area contributed by atoms with Crippen LogP contribution in [0.25, 0.3) is 0 Å². The second kappa shape index (κ2) is 5.65. The van der Waals surface area contributed by atoms with Gasteiger partial charge >= 0.3 is 0 Å². The molecule has 0 spiro atoms. The van der Waals surface area contributed by atoms with E-state index in [-0.39, 0.29) is 5.75 Å². The van der Waals surface area contributed by atoms with Gasteiger partial charge in [-0.2, -0.15) is 0 Å². The lowest BCUT2D eigenvalue weighted by Crippen LogP contribution is -2.12. The Morgan fingerprint density at radius 3 is 2.94 bits per heavy atom. The van der Waals surface area contributed by atoms with Gasteiger partial charge in [0.25, 0.3) is 0 Å². The third-order valence-electron chi connectivity index (χ3n) is 2.40. The normalized spacial score (nSPS) is 10.4. The third-order valence-corrected chi connectivity index (χ3v) is 3.03. The largest absolute Gasteiger partial charge is 0.507 e. The monoisotopic (exact) mass is 250 g/mol. The van der Waals surface area contributed by atoms with Crippen LogP contribution >= 0.6 is 11.3 Å². The number of nitrogens with zero attached hydrogens (tertiary/aromatic N) is 1. The highest BCUT2D eigenvalue weighted by atomic mass is 32.1. The number of aromatic nitrogens is 1. The lowest BCUT2D eigenvalue weighted by Gasteiger charge is -2.07. The molecule has 0 bridgehead atoms. The van der Waals surface area contributed by atoms with Gasteiger partial charge in [0.15, 0.2) is 0 Å². The molecular weight excluding hydrogens is 236 g/mol. The second-order valence-electron chi connectivity index (χ2n) is 3.58. The highest BCUT2D eigenvalue weighted by Gasteiger charge is 2.03. The maximum atomic E-state index is 9.75. The molecule has 0 saturated heterocycles. The summed E-state index contributed by atoms with van der Waals surface area (Å²) in [6.07, 6.45) is 0. The number of nitrogens with one attached hydrogen (secondary N) is 1. The molecule has 4 nitrogen and oxygen atoms in total. The van der Waals surface area contributed by atoms with E-state index >= 15 is 0 Å². The van der Waals surface area contributed by atoms with Crippen LogP contribution in [0.1, 0.15) is 11.3 Å². The fourth-order valence-corrected chi connectivity index (χ4v) is 2.03. The Hall–Kier alpha value is -1.59. The van der Waals surface area contributed by atoms with Gasteiger partial charge in [-0.3, -0.25) is 0 Å². The summed E-state index contributed by atoms with van der Waals surface area (Å²) in [5.74, 6) is 0.904. The van der Waals surface area contributed by atoms with Crippen molar-refractivity contribution in [2.45, 2.75) is 13.1 Å². The summed E-state index contributed by atoms with van der Waals surface area (Å²) in [6, 6.07) is 5.29. The number of hydrogen-bond donors (Lipinski definition) is 2. The van der Waals surface area contributed by atoms with Crippen LogP contribution in [-0.4, -0.2) is 17.2 Å². The van der Waals surface area contributed by atoms with Crippen LogP contribution < -0.4 is 10.1 Å². The smallest absolute Gasteiger partial charge is 0.123 e. The van der Waals surface area contributed by atoms with Crippen molar-refractivity contribution < 1.29 is 9.84 Å². The van der Waals surface area contributed by atoms with Gasteiger partial charge in [-0.05, 0) is 6.07 Å². The summed E-state index contributed by atoms with van der Waals surface area (Å²) in [5.41, 5.74) is 3.67. The molecule has 0 unspecified atom stereocenters. The Bertz CT molecular complexity index is 471. The minimum atomic E-state index is 0.245. The van der Waals surface area contributed by atoms with Gasteiger partial charge in [-0.1, -0.05) is 6.07 Å². The number of aromatic hydroxyl groups is 1. The molecule has 5 heteroatoms. The highest BCUT2D eigenvalue weighted by molar-refractivity contribution is 7.07. The average molecular weight is 250 g/mol. The van der Waals surface area contributed by atoms with Crippen LogP contribution in [0, 0.1) is 0 Å². The molecule has 0 fully saturated rings. The van der Waals surface area contributed by atoms with E-state index in [1.165, 1.54) is 0 Å². The fourth-order valence-electron chi connectivity index (χ4n) is 1.47. The second-order valence-corrected chi connectivity index (χ2v) is 4.30. The first-order valence-electron chi connectivity index (χ1n) is 5.23. The standard InChI is InChI=1S/C12H14N2O2S/c1-16-11-3-2-9(12(15)4-11)5-13-6-10-7-17-8-14-10/h2-4,7-8,13,15H,5-6H2,1H3. The van der Waals surface area contributed by atoms with E-state index in [0.29, 0.717) is 18.8 Å². The predicted molar refractivity (Wildman–Crippen MR) is 67.3 cm³/mol. The summed E-state index contributed by atoms with van der Waals surface area (Å²) >= 11 is 1.58. The number of rotatable bonds is 5. The molecule has 0 aliphatic rings. The van der Waals surface area contributed by atoms with Crippen molar-refractivity contribution in [3.05, 3.63) is 40.3 Å². The summed E-state index contributed by atoms with van der Waals surface area (Å²) < 4.78 is 5.02. The minimum Gasteiger partial charge on any atom is -0.507 e. The Morgan fingerprint density at radius 1 is 1.41 bits per heavy atom. The summed E-state index contributed by atoms with van der Waals surface area (Å²) in [7, 11) is 1.58. The van der Waals surface area contributed by atoms with Gasteiger partial charge in [-0.15, -0.1) is 11.3 Å². The van der Waals surface area contributed by atoms with Crippen molar-refractivity contribution in [1.29, 1.82) is 0 Å². The van der Waals surface area contributed by atoms with E-state index in [0.717, 1.165) is 11.3 Å². The molecule has 1 heterocycles. The molecule has 0 atom stereocenters. The third kappa shape index (κ3) is 3.18. The number of benzene rings is 1. The zero-order chi connectivity index (χ0) is 12.1. The average Bonchev–Trinajstić information content (AvgIpc) is 2.84. The Balaban J connectivity index is 1.90. The van der Waals surface area contributed by atoms with E-state index in [1.54, 1.807) is 24.5 Å². The van der Waals surface area contributed by atoms with Crippen LogP contribution in [0.4, 0.5) is 0 Å². The van der Waals surface area contributed by atoms with E-state index in [2.05, 4.69) is 10.3 Å². The molecule has 1 aromatic carbocycles. The quantitative estimate of drug-likeness (QED) is 0.853. The van der Waals surface area contributed by atoms with E-state index in [4.69, 9.17) is 4.74 Å². The van der Waals surface area contributed by atoms with E-state index in [1.807, 2.05) is 23.0 Å². The first-order valence-corrected chi connectivity index (χ1v) is 6.17. The zero-order valence-electron chi connectivity index (χ0n) is 9.51. The summed E-state index contributed by atoms with van der Waals surface area (Å²) in [4.78, 5) is 4.17. The maximum absolute atomic E-state index is 9.75. The molecule has 17 heavy (non-hydrogen) atoms. The van der Waals surface area contributed by atoms with E-state index in [9.17, 15) is 5.11 Å². The van der Waals surface area contributed by atoms with Gasteiger partial charge in [0.05, 0.1) is 18.3 Å². The SMILES string of the molecule is COc1ccc(CNCc2cscn2)c(O)c1. The first kappa shape index (κ1) is 11.9. The van der Waals surface area contributed by atoms with Crippen molar-refractivity contribution in [3.63, 3.8) is 0 Å². The molecular formula is C12H14N2O2S. The van der Waals surface area contributed by atoms with Crippen LogP contribution in [0.5, 0.6) is 11.5 Å². The molecule has 90 valence electrons. The summed E-state index contributed by atoms with van der Waals surface area (Å²) in [6.45, 7) is 1.31. The fraction of sp³-hybridized carbons (Fsp3) is 0.250. The number of methoxy groups -OCH3 is 1. The highest BCUT2D eigenvalue weighted by Crippen LogP contribution is 2.23. The zero-order valence-corrected chi connectivity index (χ0v) is 10.3. The van der Waals surface area contributed by atoms with Gasteiger partial charge in [0.2, 0.25) is 0 Å². The minimum absolute atomic E-state index is 0.245. The van der Waals surface area contributed by atoms with Crippen LogP contribution in [0.3, 0.4) is 0 Å². The van der Waals surface area contributed by atoms with Crippen molar-refractivity contribution in [2.24, 2.45) is 0 Å². The predicted octanol–water partition coefficient (Wildman–Crippen LogP) is 2.15. The molecule has 0 amide bonds.